The standard InChI is InChI=1S/C15H15NO3/c17-14(12-8-9-13(12)15(18)19)16-10-4-7-11-5-2-1-3-6-11/h1-3,5-6,12-13H,8-10H2,(H,16,17)(H,18,19). The number of carboxylic acid groups (broad SMARTS) is 1. The van der Waals surface area contributed by atoms with Gasteiger partial charge >= 0.3 is 5.97 Å². The number of hydrogen-bond donors (Lipinski definition) is 2. The molecule has 0 aliphatic heterocycles. The first-order valence-electron chi connectivity index (χ1n) is 6.23. The highest BCUT2D eigenvalue weighted by atomic mass is 16.4. The molecule has 2 N–H and O–H groups in total. The van der Waals surface area contributed by atoms with E-state index < -0.39 is 17.8 Å². The van der Waals surface area contributed by atoms with Crippen molar-refractivity contribution in [3.05, 3.63) is 35.9 Å². The van der Waals surface area contributed by atoms with Crippen molar-refractivity contribution in [2.24, 2.45) is 11.8 Å². The van der Waals surface area contributed by atoms with Gasteiger partial charge in [0.15, 0.2) is 0 Å². The van der Waals surface area contributed by atoms with Crippen molar-refractivity contribution < 1.29 is 14.7 Å². The fraction of sp³-hybridized carbons (Fsp3) is 0.333. The van der Waals surface area contributed by atoms with Crippen molar-refractivity contribution in [3.63, 3.8) is 0 Å². The smallest absolute Gasteiger partial charge is 0.307 e. The summed E-state index contributed by atoms with van der Waals surface area (Å²) < 4.78 is 0. The molecule has 0 heterocycles. The summed E-state index contributed by atoms with van der Waals surface area (Å²) in [4.78, 5) is 22.5. The number of nitrogens with one attached hydrogen (secondary N) is 1. The maximum absolute atomic E-state index is 11.7. The fourth-order valence-corrected chi connectivity index (χ4v) is 2.04. The van der Waals surface area contributed by atoms with Crippen LogP contribution < -0.4 is 5.32 Å². The van der Waals surface area contributed by atoms with Gasteiger partial charge in [0.2, 0.25) is 5.91 Å². The third-order valence-corrected chi connectivity index (χ3v) is 3.29. The average molecular weight is 257 g/mol. The molecule has 2 atom stereocenters. The van der Waals surface area contributed by atoms with E-state index in [0.29, 0.717) is 12.8 Å². The Balaban J connectivity index is 1.79. The largest absolute Gasteiger partial charge is 0.481 e. The van der Waals surface area contributed by atoms with Crippen molar-refractivity contribution in [1.29, 1.82) is 0 Å². The normalized spacial score (nSPS) is 20.6. The summed E-state index contributed by atoms with van der Waals surface area (Å²) in [5.41, 5.74) is 0.892. The molecule has 0 aromatic heterocycles. The molecule has 0 radical (unpaired) electrons. The lowest BCUT2D eigenvalue weighted by Gasteiger charge is -2.31. The Hall–Kier alpha value is -2.28. The van der Waals surface area contributed by atoms with Crippen LogP contribution in [0, 0.1) is 23.7 Å². The van der Waals surface area contributed by atoms with Crippen LogP contribution in [-0.2, 0) is 9.59 Å². The number of carbonyl (C=O) groups excluding carboxylic acids is 1. The van der Waals surface area contributed by atoms with Crippen LogP contribution in [0.25, 0.3) is 0 Å². The second-order valence-corrected chi connectivity index (χ2v) is 4.51. The molecule has 19 heavy (non-hydrogen) atoms. The second kappa shape index (κ2) is 6.05. The number of amides is 1. The van der Waals surface area contributed by atoms with Crippen molar-refractivity contribution in [3.8, 4) is 11.8 Å². The van der Waals surface area contributed by atoms with Crippen LogP contribution in [0.5, 0.6) is 0 Å². The predicted molar refractivity (Wildman–Crippen MR) is 70.2 cm³/mol. The Morgan fingerprint density at radius 2 is 1.89 bits per heavy atom. The summed E-state index contributed by atoms with van der Waals surface area (Å²) in [6.07, 6.45) is 1.23. The van der Waals surface area contributed by atoms with Crippen LogP contribution in [0.1, 0.15) is 18.4 Å². The van der Waals surface area contributed by atoms with Crippen molar-refractivity contribution in [2.75, 3.05) is 6.54 Å². The van der Waals surface area contributed by atoms with E-state index in [1.807, 2.05) is 30.3 Å². The van der Waals surface area contributed by atoms with Crippen LogP contribution in [0.15, 0.2) is 30.3 Å². The van der Waals surface area contributed by atoms with Gasteiger partial charge < -0.3 is 10.4 Å². The first-order chi connectivity index (χ1) is 9.18. The molecule has 4 nitrogen and oxygen atoms in total. The van der Waals surface area contributed by atoms with Crippen molar-refractivity contribution >= 4 is 11.9 Å². The monoisotopic (exact) mass is 257 g/mol. The van der Waals surface area contributed by atoms with Gasteiger partial charge in [-0.05, 0) is 25.0 Å². The predicted octanol–water partition coefficient (Wildman–Crippen LogP) is 1.27. The van der Waals surface area contributed by atoms with E-state index in [0.717, 1.165) is 5.56 Å². The zero-order valence-electron chi connectivity index (χ0n) is 10.4. The molecule has 1 fully saturated rings. The molecule has 0 bridgehead atoms. The molecule has 2 rings (SSSR count). The van der Waals surface area contributed by atoms with E-state index >= 15 is 0 Å². The van der Waals surface area contributed by atoms with Crippen molar-refractivity contribution in [2.45, 2.75) is 12.8 Å². The molecule has 0 saturated heterocycles. The molecule has 1 amide bonds. The number of benzene rings is 1. The van der Waals surface area contributed by atoms with Crippen LogP contribution in [0.4, 0.5) is 0 Å². The number of aliphatic carboxylic acids is 1. The Bertz CT molecular complexity index is 527. The first kappa shape index (κ1) is 13.2. The van der Waals surface area contributed by atoms with Crippen LogP contribution >= 0.6 is 0 Å². The number of hydrogen-bond acceptors (Lipinski definition) is 2. The van der Waals surface area contributed by atoms with Gasteiger partial charge in [0.25, 0.3) is 0 Å². The zero-order valence-corrected chi connectivity index (χ0v) is 10.4. The molecule has 1 aliphatic rings. The molecule has 1 aliphatic carbocycles. The third kappa shape index (κ3) is 3.35. The SMILES string of the molecule is O=C(O)C1CCC1C(=O)NCC#Cc1ccccc1. The summed E-state index contributed by atoms with van der Waals surface area (Å²) in [7, 11) is 0. The van der Waals surface area contributed by atoms with Gasteiger partial charge in [-0.15, -0.1) is 0 Å². The lowest BCUT2D eigenvalue weighted by Crippen LogP contribution is -2.44. The lowest BCUT2D eigenvalue weighted by molar-refractivity contribution is -0.152. The lowest BCUT2D eigenvalue weighted by atomic mass is 9.73. The van der Waals surface area contributed by atoms with E-state index in [2.05, 4.69) is 17.2 Å². The molecule has 1 aromatic carbocycles. The Labute approximate surface area is 111 Å². The molecular formula is C15H15NO3. The number of carbonyl (C=O) groups is 2. The molecule has 2 unspecified atom stereocenters. The Morgan fingerprint density at radius 1 is 1.21 bits per heavy atom. The summed E-state index contributed by atoms with van der Waals surface area (Å²) in [6, 6.07) is 9.49. The van der Waals surface area contributed by atoms with Crippen molar-refractivity contribution in [1.82, 2.24) is 5.32 Å². The summed E-state index contributed by atoms with van der Waals surface area (Å²) >= 11 is 0. The first-order valence-corrected chi connectivity index (χ1v) is 6.23. The van der Waals surface area contributed by atoms with Gasteiger partial charge in [0.1, 0.15) is 0 Å². The molecule has 1 saturated carbocycles. The molecular weight excluding hydrogens is 242 g/mol. The minimum atomic E-state index is -0.887. The van der Waals surface area contributed by atoms with Gasteiger partial charge in [0.05, 0.1) is 18.4 Å². The highest BCUT2D eigenvalue weighted by molar-refractivity contribution is 5.86. The van der Waals surface area contributed by atoms with Gasteiger partial charge in [-0.1, -0.05) is 30.0 Å². The third-order valence-electron chi connectivity index (χ3n) is 3.29. The number of carboxylic acids is 1. The van der Waals surface area contributed by atoms with Crippen LogP contribution in [0.2, 0.25) is 0 Å². The maximum atomic E-state index is 11.7. The molecule has 0 spiro atoms. The summed E-state index contributed by atoms with van der Waals surface area (Å²) in [5.74, 6) is 3.77. The minimum Gasteiger partial charge on any atom is -0.481 e. The van der Waals surface area contributed by atoms with Gasteiger partial charge in [-0.25, -0.2) is 0 Å². The van der Waals surface area contributed by atoms with Gasteiger partial charge in [0, 0.05) is 5.56 Å². The fourth-order valence-electron chi connectivity index (χ4n) is 2.04. The van der Waals surface area contributed by atoms with Crippen LogP contribution in [-0.4, -0.2) is 23.5 Å². The van der Waals surface area contributed by atoms with Gasteiger partial charge in [-0.3, -0.25) is 9.59 Å². The van der Waals surface area contributed by atoms with E-state index in [-0.39, 0.29) is 12.5 Å². The van der Waals surface area contributed by atoms with E-state index in [4.69, 9.17) is 5.11 Å². The topological polar surface area (TPSA) is 66.4 Å². The number of rotatable bonds is 3. The van der Waals surface area contributed by atoms with Crippen LogP contribution in [0.3, 0.4) is 0 Å². The van der Waals surface area contributed by atoms with E-state index in [9.17, 15) is 9.59 Å². The maximum Gasteiger partial charge on any atom is 0.307 e. The Morgan fingerprint density at radius 3 is 2.47 bits per heavy atom. The summed E-state index contributed by atoms with van der Waals surface area (Å²) in [6.45, 7) is 0.247. The zero-order chi connectivity index (χ0) is 13.7. The summed E-state index contributed by atoms with van der Waals surface area (Å²) in [5, 5.41) is 11.5. The Kier molecular flexibility index (Phi) is 4.19. The van der Waals surface area contributed by atoms with E-state index in [1.165, 1.54) is 0 Å². The quantitative estimate of drug-likeness (QED) is 0.801. The molecule has 4 heteroatoms. The molecule has 1 aromatic rings. The average Bonchev–Trinajstić information content (AvgIpc) is 2.34. The minimum absolute atomic E-state index is 0.207. The highest BCUT2D eigenvalue weighted by Gasteiger charge is 2.41. The molecule has 98 valence electrons. The second-order valence-electron chi connectivity index (χ2n) is 4.51. The van der Waals surface area contributed by atoms with Gasteiger partial charge in [-0.2, -0.15) is 0 Å². The highest BCUT2D eigenvalue weighted by Crippen LogP contribution is 2.34. The van der Waals surface area contributed by atoms with E-state index in [1.54, 1.807) is 0 Å².